The van der Waals surface area contributed by atoms with Crippen molar-refractivity contribution in [3.8, 4) is 0 Å². The first kappa shape index (κ1) is 17.4. The van der Waals surface area contributed by atoms with Gasteiger partial charge in [-0.2, -0.15) is 0 Å². The summed E-state index contributed by atoms with van der Waals surface area (Å²) >= 11 is 0. The summed E-state index contributed by atoms with van der Waals surface area (Å²) in [7, 11) is 0. The first-order valence-electron chi connectivity index (χ1n) is 8.24. The van der Waals surface area contributed by atoms with Crippen molar-refractivity contribution in [3.63, 3.8) is 0 Å². The maximum atomic E-state index is 12.4. The molecule has 0 fully saturated rings. The molecule has 26 heavy (non-hydrogen) atoms. The van der Waals surface area contributed by atoms with E-state index in [1.807, 2.05) is 32.0 Å². The Hall–Kier alpha value is -3.47. The predicted octanol–water partition coefficient (Wildman–Crippen LogP) is 4.20. The molecule has 1 aromatic heterocycles. The van der Waals surface area contributed by atoms with Crippen LogP contribution in [-0.2, 0) is 0 Å². The van der Waals surface area contributed by atoms with Crippen LogP contribution in [0.3, 0.4) is 0 Å². The fourth-order valence-electron chi connectivity index (χ4n) is 2.55. The molecule has 5 heteroatoms. The van der Waals surface area contributed by atoms with Gasteiger partial charge < -0.3 is 10.6 Å². The number of pyridine rings is 1. The lowest BCUT2D eigenvalue weighted by atomic mass is 10.1. The highest BCUT2D eigenvalue weighted by molar-refractivity contribution is 6.06. The molecule has 0 unspecified atom stereocenters. The number of anilines is 2. The second-order valence-corrected chi connectivity index (χ2v) is 6.02. The van der Waals surface area contributed by atoms with E-state index in [-0.39, 0.29) is 11.8 Å². The fourth-order valence-corrected chi connectivity index (χ4v) is 2.55. The van der Waals surface area contributed by atoms with Gasteiger partial charge in [0.25, 0.3) is 11.8 Å². The minimum absolute atomic E-state index is 0.195. The molecule has 5 nitrogen and oxygen atoms in total. The second kappa shape index (κ2) is 7.61. The lowest BCUT2D eigenvalue weighted by molar-refractivity contribution is 0.101. The van der Waals surface area contributed by atoms with Crippen LogP contribution in [0.1, 0.15) is 32.0 Å². The van der Waals surface area contributed by atoms with Crippen molar-refractivity contribution < 1.29 is 9.59 Å². The Morgan fingerprint density at radius 1 is 0.846 bits per heavy atom. The molecule has 1 heterocycles. The van der Waals surface area contributed by atoms with E-state index in [4.69, 9.17) is 0 Å². The number of nitrogens with one attached hydrogen (secondary N) is 2. The number of amides is 2. The van der Waals surface area contributed by atoms with E-state index >= 15 is 0 Å². The summed E-state index contributed by atoms with van der Waals surface area (Å²) in [5.74, 6) is -0.488. The topological polar surface area (TPSA) is 71.1 Å². The quantitative estimate of drug-likeness (QED) is 0.744. The zero-order chi connectivity index (χ0) is 18.5. The zero-order valence-corrected chi connectivity index (χ0v) is 14.6. The van der Waals surface area contributed by atoms with E-state index in [9.17, 15) is 9.59 Å². The van der Waals surface area contributed by atoms with E-state index in [1.165, 1.54) is 0 Å². The van der Waals surface area contributed by atoms with E-state index in [0.29, 0.717) is 16.9 Å². The number of hydrogen-bond donors (Lipinski definition) is 2. The number of benzene rings is 2. The zero-order valence-electron chi connectivity index (χ0n) is 14.6. The summed E-state index contributed by atoms with van der Waals surface area (Å²) < 4.78 is 0. The third-order valence-corrected chi connectivity index (χ3v) is 3.93. The van der Waals surface area contributed by atoms with E-state index in [1.54, 1.807) is 48.7 Å². The third-order valence-electron chi connectivity index (χ3n) is 3.93. The minimum Gasteiger partial charge on any atom is -0.322 e. The van der Waals surface area contributed by atoms with Crippen molar-refractivity contribution in [1.82, 2.24) is 4.98 Å². The molecule has 0 saturated heterocycles. The highest BCUT2D eigenvalue weighted by Gasteiger charge is 2.10. The van der Waals surface area contributed by atoms with Crippen molar-refractivity contribution in [2.75, 3.05) is 10.6 Å². The van der Waals surface area contributed by atoms with Crippen LogP contribution < -0.4 is 10.6 Å². The molecular weight excluding hydrogens is 326 g/mol. The normalized spacial score (nSPS) is 10.2. The van der Waals surface area contributed by atoms with Crippen molar-refractivity contribution in [1.29, 1.82) is 0 Å². The molecule has 0 atom stereocenters. The van der Waals surface area contributed by atoms with Gasteiger partial charge in [-0.25, -0.2) is 0 Å². The molecule has 0 aliphatic heterocycles. The van der Waals surface area contributed by atoms with Gasteiger partial charge in [0.05, 0.1) is 0 Å². The Labute approximate surface area is 152 Å². The van der Waals surface area contributed by atoms with Gasteiger partial charge in [-0.3, -0.25) is 14.6 Å². The first-order chi connectivity index (χ1) is 12.5. The van der Waals surface area contributed by atoms with Crippen LogP contribution in [-0.4, -0.2) is 16.8 Å². The summed E-state index contributed by atoms with van der Waals surface area (Å²) in [4.78, 5) is 28.5. The molecule has 2 aromatic carbocycles. The molecule has 3 rings (SSSR count). The smallest absolute Gasteiger partial charge is 0.274 e. The molecule has 130 valence electrons. The molecule has 0 spiro atoms. The molecule has 2 amide bonds. The van der Waals surface area contributed by atoms with Crippen molar-refractivity contribution >= 4 is 23.2 Å². The summed E-state index contributed by atoms with van der Waals surface area (Å²) in [6.07, 6.45) is 1.56. The van der Waals surface area contributed by atoms with Gasteiger partial charge >= 0.3 is 0 Å². The molecule has 3 aromatic rings. The molecular formula is C21H19N3O2. The Kier molecular flexibility index (Phi) is 5.08. The Morgan fingerprint density at radius 2 is 1.62 bits per heavy atom. The molecule has 0 aliphatic rings. The average Bonchev–Trinajstić information content (AvgIpc) is 2.65. The van der Waals surface area contributed by atoms with Crippen LogP contribution in [0.2, 0.25) is 0 Å². The molecule has 0 bridgehead atoms. The van der Waals surface area contributed by atoms with E-state index < -0.39 is 0 Å². The summed E-state index contributed by atoms with van der Waals surface area (Å²) in [6.45, 7) is 3.97. The summed E-state index contributed by atoms with van der Waals surface area (Å²) in [6, 6.07) is 17.7. The first-order valence-corrected chi connectivity index (χ1v) is 8.24. The van der Waals surface area contributed by atoms with Crippen LogP contribution in [0.5, 0.6) is 0 Å². The van der Waals surface area contributed by atoms with Crippen LogP contribution in [0.25, 0.3) is 0 Å². The molecule has 0 radical (unpaired) electrons. The number of aryl methyl sites for hydroxylation is 2. The Morgan fingerprint density at radius 3 is 2.27 bits per heavy atom. The standard InChI is InChI=1S/C21H19N3O2/c1-14-6-11-18(15(2)13-14)24-20(25)16-7-9-17(10-8-16)23-21(26)19-5-3-4-12-22-19/h3-13H,1-2H3,(H,23,26)(H,24,25). The largest absolute Gasteiger partial charge is 0.322 e. The molecule has 2 N–H and O–H groups in total. The van der Waals surface area contributed by atoms with Gasteiger partial charge in [0.1, 0.15) is 5.69 Å². The summed E-state index contributed by atoms with van der Waals surface area (Å²) in [5.41, 5.74) is 4.40. The van der Waals surface area contributed by atoms with E-state index in [0.717, 1.165) is 16.8 Å². The molecule has 0 aliphatic carbocycles. The van der Waals surface area contributed by atoms with Gasteiger partial charge in [-0.15, -0.1) is 0 Å². The second-order valence-electron chi connectivity index (χ2n) is 6.02. The number of nitrogens with zero attached hydrogens (tertiary/aromatic N) is 1. The van der Waals surface area contributed by atoms with Gasteiger partial charge in [0.2, 0.25) is 0 Å². The van der Waals surface area contributed by atoms with Gasteiger partial charge in [0, 0.05) is 23.1 Å². The predicted molar refractivity (Wildman–Crippen MR) is 103 cm³/mol. The lowest BCUT2D eigenvalue weighted by Gasteiger charge is -2.10. The fraction of sp³-hybridized carbons (Fsp3) is 0.0952. The van der Waals surface area contributed by atoms with Crippen molar-refractivity contribution in [3.05, 3.63) is 89.2 Å². The van der Waals surface area contributed by atoms with Crippen molar-refractivity contribution in [2.24, 2.45) is 0 Å². The highest BCUT2D eigenvalue weighted by Crippen LogP contribution is 2.18. The van der Waals surface area contributed by atoms with Gasteiger partial charge in [-0.05, 0) is 61.9 Å². The summed E-state index contributed by atoms with van der Waals surface area (Å²) in [5, 5.41) is 5.66. The third kappa shape index (κ3) is 4.13. The van der Waals surface area contributed by atoms with Crippen molar-refractivity contribution in [2.45, 2.75) is 13.8 Å². The minimum atomic E-state index is -0.293. The SMILES string of the molecule is Cc1ccc(NC(=O)c2ccc(NC(=O)c3ccccn3)cc2)c(C)c1. The Bertz CT molecular complexity index is 935. The van der Waals surface area contributed by atoms with Gasteiger partial charge in [0.15, 0.2) is 0 Å². The number of carbonyl (C=O) groups is 2. The lowest BCUT2D eigenvalue weighted by Crippen LogP contribution is -2.15. The van der Waals surface area contributed by atoms with Crippen LogP contribution in [0.4, 0.5) is 11.4 Å². The monoisotopic (exact) mass is 345 g/mol. The number of carbonyl (C=O) groups excluding carboxylic acids is 2. The average molecular weight is 345 g/mol. The van der Waals surface area contributed by atoms with E-state index in [2.05, 4.69) is 15.6 Å². The number of aromatic nitrogens is 1. The molecule has 0 saturated carbocycles. The Balaban J connectivity index is 1.67. The van der Waals surface area contributed by atoms with Gasteiger partial charge in [-0.1, -0.05) is 23.8 Å². The highest BCUT2D eigenvalue weighted by atomic mass is 16.2. The van der Waals surface area contributed by atoms with Crippen LogP contribution >= 0.6 is 0 Å². The maximum Gasteiger partial charge on any atom is 0.274 e. The van der Waals surface area contributed by atoms with Crippen LogP contribution in [0.15, 0.2) is 66.9 Å². The maximum absolute atomic E-state index is 12.4. The number of rotatable bonds is 4. The number of hydrogen-bond acceptors (Lipinski definition) is 3. The van der Waals surface area contributed by atoms with Crippen LogP contribution in [0, 0.1) is 13.8 Å².